The minimum absolute atomic E-state index is 0.0324. The second-order valence-corrected chi connectivity index (χ2v) is 10.6. The SMILES string of the molecule is CCN(CCc1ccc(NC(=O)c2cc(OC)c(OC)cc2NC(=O)c2cc(=O)c3ccccc3o2)cc1)C(=O)Cc1cccnc1. The van der Waals surface area contributed by atoms with E-state index in [0.717, 1.165) is 17.2 Å². The van der Waals surface area contributed by atoms with Gasteiger partial charge < -0.3 is 29.4 Å². The molecule has 0 unspecified atom stereocenters. The first-order chi connectivity index (χ1) is 22.8. The van der Waals surface area contributed by atoms with Crippen molar-refractivity contribution in [2.45, 2.75) is 19.8 Å². The molecular weight excluding hydrogens is 600 g/mol. The molecule has 0 aliphatic rings. The maximum atomic E-state index is 13.5. The maximum absolute atomic E-state index is 13.5. The number of hydrogen-bond donors (Lipinski definition) is 2. The molecule has 0 bridgehead atoms. The molecule has 0 fully saturated rings. The number of ether oxygens (including phenoxy) is 2. The van der Waals surface area contributed by atoms with Gasteiger partial charge in [0.1, 0.15) is 5.58 Å². The Kier molecular flexibility index (Phi) is 10.3. The largest absolute Gasteiger partial charge is 0.493 e. The van der Waals surface area contributed by atoms with Gasteiger partial charge in [-0.1, -0.05) is 30.3 Å². The van der Waals surface area contributed by atoms with E-state index < -0.39 is 11.8 Å². The summed E-state index contributed by atoms with van der Waals surface area (Å²) in [6.45, 7) is 3.08. The molecule has 240 valence electrons. The van der Waals surface area contributed by atoms with E-state index in [1.807, 2.05) is 31.2 Å². The Morgan fingerprint density at radius 2 is 1.60 bits per heavy atom. The molecule has 47 heavy (non-hydrogen) atoms. The lowest BCUT2D eigenvalue weighted by atomic mass is 10.1. The van der Waals surface area contributed by atoms with Gasteiger partial charge in [0.05, 0.1) is 37.3 Å². The van der Waals surface area contributed by atoms with Gasteiger partial charge in [0, 0.05) is 43.3 Å². The number of benzene rings is 3. The highest BCUT2D eigenvalue weighted by Crippen LogP contribution is 2.34. The molecule has 2 aromatic heterocycles. The summed E-state index contributed by atoms with van der Waals surface area (Å²) >= 11 is 0. The number of methoxy groups -OCH3 is 2. The lowest BCUT2D eigenvalue weighted by Gasteiger charge is -2.21. The normalized spacial score (nSPS) is 10.7. The number of aromatic nitrogens is 1. The van der Waals surface area contributed by atoms with Crippen LogP contribution in [0.15, 0.2) is 100 Å². The lowest BCUT2D eigenvalue weighted by Crippen LogP contribution is -2.33. The highest BCUT2D eigenvalue weighted by atomic mass is 16.5. The Morgan fingerprint density at radius 1 is 0.851 bits per heavy atom. The summed E-state index contributed by atoms with van der Waals surface area (Å²) < 4.78 is 16.5. The van der Waals surface area contributed by atoms with Crippen LogP contribution in [0.25, 0.3) is 11.0 Å². The van der Waals surface area contributed by atoms with Crippen LogP contribution in [0.3, 0.4) is 0 Å². The first kappa shape index (κ1) is 32.4. The number of carbonyl (C=O) groups excluding carboxylic acids is 3. The van der Waals surface area contributed by atoms with Crippen molar-refractivity contribution in [1.82, 2.24) is 9.88 Å². The van der Waals surface area contributed by atoms with Crippen molar-refractivity contribution < 1.29 is 28.3 Å². The van der Waals surface area contributed by atoms with Crippen molar-refractivity contribution in [2.24, 2.45) is 0 Å². The predicted octanol–water partition coefficient (Wildman–Crippen LogP) is 5.34. The molecule has 2 N–H and O–H groups in total. The summed E-state index contributed by atoms with van der Waals surface area (Å²) in [4.78, 5) is 58.0. The van der Waals surface area contributed by atoms with Crippen LogP contribution < -0.4 is 25.5 Å². The Morgan fingerprint density at radius 3 is 2.30 bits per heavy atom. The smallest absolute Gasteiger partial charge is 0.291 e. The number of rotatable bonds is 12. The standard InChI is InChI=1S/C36H34N4O7/c1-4-40(34(42)18-24-8-7-16-37-22-24)17-15-23-11-13-25(14-12-23)38-35(43)27-19-31(45-2)32(46-3)20-28(27)39-36(44)33-21-29(41)26-9-5-6-10-30(26)47-33/h5-14,16,19-22H,4,15,17-18H2,1-3H3,(H,38,43)(H,39,44). The zero-order valence-corrected chi connectivity index (χ0v) is 26.2. The zero-order chi connectivity index (χ0) is 33.3. The van der Waals surface area contributed by atoms with Crippen LogP contribution in [0.2, 0.25) is 0 Å². The Labute approximate surface area is 271 Å². The molecule has 0 radical (unpaired) electrons. The van der Waals surface area contributed by atoms with E-state index in [4.69, 9.17) is 13.9 Å². The van der Waals surface area contributed by atoms with Crippen LogP contribution in [0.4, 0.5) is 11.4 Å². The molecule has 0 aliphatic carbocycles. The van der Waals surface area contributed by atoms with Crippen molar-refractivity contribution in [3.63, 3.8) is 0 Å². The van der Waals surface area contributed by atoms with Crippen molar-refractivity contribution >= 4 is 40.1 Å². The van der Waals surface area contributed by atoms with E-state index in [9.17, 15) is 19.2 Å². The molecule has 11 heteroatoms. The van der Waals surface area contributed by atoms with Gasteiger partial charge in [-0.25, -0.2) is 0 Å². The Balaban J connectivity index is 1.29. The van der Waals surface area contributed by atoms with Gasteiger partial charge in [-0.2, -0.15) is 0 Å². The average molecular weight is 635 g/mol. The molecule has 3 aromatic carbocycles. The van der Waals surface area contributed by atoms with Gasteiger partial charge in [0.15, 0.2) is 22.7 Å². The quantitative estimate of drug-likeness (QED) is 0.187. The second-order valence-electron chi connectivity index (χ2n) is 10.6. The van der Waals surface area contributed by atoms with Gasteiger partial charge in [0.25, 0.3) is 11.8 Å². The summed E-state index contributed by atoms with van der Waals surface area (Å²) in [5, 5.41) is 5.87. The van der Waals surface area contributed by atoms with Gasteiger partial charge in [0.2, 0.25) is 5.91 Å². The molecule has 0 aliphatic heterocycles. The molecular formula is C36H34N4O7. The van der Waals surface area contributed by atoms with E-state index in [1.165, 1.54) is 26.4 Å². The zero-order valence-electron chi connectivity index (χ0n) is 26.2. The second kappa shape index (κ2) is 14.9. The number of hydrogen-bond acceptors (Lipinski definition) is 8. The van der Waals surface area contributed by atoms with Gasteiger partial charge in [-0.05, 0) is 60.9 Å². The first-order valence-corrected chi connectivity index (χ1v) is 15.0. The monoisotopic (exact) mass is 634 g/mol. The first-order valence-electron chi connectivity index (χ1n) is 15.0. The van der Waals surface area contributed by atoms with Crippen molar-refractivity contribution in [3.8, 4) is 11.5 Å². The van der Waals surface area contributed by atoms with Crippen LogP contribution in [-0.2, 0) is 17.6 Å². The number of likely N-dealkylation sites (N-methyl/N-ethyl adjacent to an activating group) is 1. The van der Waals surface area contributed by atoms with Crippen LogP contribution in [-0.4, -0.2) is 54.9 Å². The van der Waals surface area contributed by atoms with Crippen LogP contribution >= 0.6 is 0 Å². The average Bonchev–Trinajstić information content (AvgIpc) is 3.09. The molecule has 11 nitrogen and oxygen atoms in total. The fourth-order valence-electron chi connectivity index (χ4n) is 5.04. The number of amides is 3. The molecule has 0 saturated heterocycles. The van der Waals surface area contributed by atoms with E-state index in [2.05, 4.69) is 15.6 Å². The van der Waals surface area contributed by atoms with Crippen LogP contribution in [0.5, 0.6) is 11.5 Å². The Hall–Kier alpha value is -5.97. The number of nitrogens with zero attached hydrogens (tertiary/aromatic N) is 2. The molecule has 5 aromatic rings. The third-order valence-electron chi connectivity index (χ3n) is 7.57. The van der Waals surface area contributed by atoms with E-state index >= 15 is 0 Å². The summed E-state index contributed by atoms with van der Waals surface area (Å²) in [5.41, 5.74) is 2.48. The number of pyridine rings is 1. The number of fused-ring (bicyclic) bond motifs is 1. The van der Waals surface area contributed by atoms with Crippen LogP contribution in [0.1, 0.15) is 39.0 Å². The van der Waals surface area contributed by atoms with Crippen molar-refractivity contribution in [3.05, 3.63) is 124 Å². The third-order valence-corrected chi connectivity index (χ3v) is 7.57. The van der Waals surface area contributed by atoms with E-state index in [-0.39, 0.29) is 45.4 Å². The maximum Gasteiger partial charge on any atom is 0.291 e. The van der Waals surface area contributed by atoms with E-state index in [0.29, 0.717) is 37.0 Å². The number of para-hydroxylation sites is 1. The molecule has 0 spiro atoms. The minimum Gasteiger partial charge on any atom is -0.493 e. The topological polar surface area (TPSA) is 140 Å². The highest BCUT2D eigenvalue weighted by molar-refractivity contribution is 6.12. The summed E-state index contributed by atoms with van der Waals surface area (Å²) in [6, 6.07) is 21.6. The molecule has 0 atom stereocenters. The highest BCUT2D eigenvalue weighted by Gasteiger charge is 2.21. The number of nitrogens with one attached hydrogen (secondary N) is 2. The van der Waals surface area contributed by atoms with Crippen molar-refractivity contribution in [2.75, 3.05) is 37.9 Å². The van der Waals surface area contributed by atoms with Gasteiger partial charge in [-0.15, -0.1) is 0 Å². The number of carbonyl (C=O) groups is 3. The third kappa shape index (κ3) is 7.82. The molecule has 5 rings (SSSR count). The molecule has 3 amide bonds. The molecule has 0 saturated carbocycles. The fraction of sp³-hybridized carbons (Fsp3) is 0.194. The van der Waals surface area contributed by atoms with Gasteiger partial charge in [-0.3, -0.25) is 24.2 Å². The minimum atomic E-state index is -0.724. The summed E-state index contributed by atoms with van der Waals surface area (Å²) in [7, 11) is 2.87. The van der Waals surface area contributed by atoms with Crippen molar-refractivity contribution in [1.29, 1.82) is 0 Å². The summed E-state index contributed by atoms with van der Waals surface area (Å²) in [6.07, 6.45) is 4.30. The number of anilines is 2. The van der Waals surface area contributed by atoms with Gasteiger partial charge >= 0.3 is 0 Å². The lowest BCUT2D eigenvalue weighted by molar-refractivity contribution is -0.130. The predicted molar refractivity (Wildman–Crippen MR) is 178 cm³/mol. The van der Waals surface area contributed by atoms with Crippen LogP contribution in [0, 0.1) is 0 Å². The Bertz CT molecular complexity index is 1960. The molecule has 2 heterocycles. The fourth-order valence-corrected chi connectivity index (χ4v) is 5.04. The summed E-state index contributed by atoms with van der Waals surface area (Å²) in [5.74, 6) is -0.869. The van der Waals surface area contributed by atoms with E-state index in [1.54, 1.807) is 53.7 Å².